The van der Waals surface area contributed by atoms with E-state index in [0.29, 0.717) is 6.54 Å². The molecule has 0 aromatic rings. The molecule has 1 radical (unpaired) electrons. The lowest BCUT2D eigenvalue weighted by Gasteiger charge is -2.13. The molecular weight excluding hydrogens is 116 g/mol. The van der Waals surface area contributed by atoms with Crippen molar-refractivity contribution < 1.29 is 4.79 Å². The molecule has 0 rings (SSSR count). The minimum atomic E-state index is -0.503. The van der Waals surface area contributed by atoms with Crippen molar-refractivity contribution in [1.82, 2.24) is 4.90 Å². The van der Waals surface area contributed by atoms with Crippen molar-refractivity contribution in [1.29, 1.82) is 0 Å². The Morgan fingerprint density at radius 2 is 2.44 bits per heavy atom. The van der Waals surface area contributed by atoms with Gasteiger partial charge in [-0.05, 0) is 13.3 Å². The highest BCUT2D eigenvalue weighted by Crippen LogP contribution is 1.82. The van der Waals surface area contributed by atoms with Gasteiger partial charge in [0.1, 0.15) is 0 Å². The molecule has 0 spiro atoms. The molecule has 0 saturated carbocycles. The second-order valence-corrected chi connectivity index (χ2v) is 1.53. The molecule has 0 aliphatic rings. The molecule has 0 aromatic heterocycles. The van der Waals surface area contributed by atoms with Crippen LogP contribution in [-0.2, 0) is 0 Å². The first kappa shape index (κ1) is 7.83. The fourth-order valence-electron chi connectivity index (χ4n) is 0.441. The summed E-state index contributed by atoms with van der Waals surface area (Å²) < 4.78 is 0. The van der Waals surface area contributed by atoms with E-state index in [0.717, 1.165) is 0 Å². The molecule has 0 unspecified atom stereocenters. The van der Waals surface area contributed by atoms with Crippen molar-refractivity contribution >= 4 is 6.03 Å². The topological polar surface area (TPSA) is 46.3 Å². The number of nitrogens with two attached hydrogens (primary N) is 1. The summed E-state index contributed by atoms with van der Waals surface area (Å²) in [5, 5.41) is 0. The Balaban J connectivity index is 3.71. The third-order valence-corrected chi connectivity index (χ3v) is 0.963. The molecule has 0 aromatic carbocycles. The lowest BCUT2D eigenvalue weighted by atomic mass is 10.5. The van der Waals surface area contributed by atoms with Gasteiger partial charge in [0.15, 0.2) is 0 Å². The fraction of sp³-hybridized carbons (Fsp3) is 0.500. The Morgan fingerprint density at radius 3 is 2.56 bits per heavy atom. The molecule has 0 fully saturated rings. The summed E-state index contributed by atoms with van der Waals surface area (Å²) in [6, 6.07) is -0.503. The molecule has 0 bridgehead atoms. The van der Waals surface area contributed by atoms with E-state index in [-0.39, 0.29) is 6.54 Å². The number of urea groups is 1. The number of carbonyl (C=O) groups is 1. The van der Waals surface area contributed by atoms with Crippen molar-refractivity contribution in [3.8, 4) is 5.92 Å². The van der Waals surface area contributed by atoms with Crippen LogP contribution in [0.4, 0.5) is 4.79 Å². The number of rotatable bonds is 2. The van der Waals surface area contributed by atoms with E-state index in [2.05, 4.69) is 5.92 Å². The van der Waals surface area contributed by atoms with E-state index in [4.69, 9.17) is 12.2 Å². The van der Waals surface area contributed by atoms with Crippen LogP contribution in [0.3, 0.4) is 0 Å². The third kappa shape index (κ3) is 2.60. The lowest BCUT2D eigenvalue weighted by Crippen LogP contribution is -2.35. The number of amides is 2. The molecule has 0 heterocycles. The van der Waals surface area contributed by atoms with Gasteiger partial charge >= 0.3 is 6.03 Å². The van der Waals surface area contributed by atoms with Gasteiger partial charge in [0.2, 0.25) is 0 Å². The standard InChI is InChI=1S/C6H9N2O/c1-3-5-8(4-2)6(7)9/h4-5H2,2H3,(H2,7,9). The molecule has 0 aliphatic carbocycles. The smallest absolute Gasteiger partial charge is 0.315 e. The summed E-state index contributed by atoms with van der Waals surface area (Å²) in [6.07, 6.45) is 6.53. The van der Waals surface area contributed by atoms with Crippen molar-refractivity contribution in [3.63, 3.8) is 0 Å². The highest BCUT2D eigenvalue weighted by atomic mass is 16.2. The van der Waals surface area contributed by atoms with Crippen LogP contribution < -0.4 is 5.73 Å². The number of hydrogen-bond donors (Lipinski definition) is 1. The predicted molar refractivity (Wildman–Crippen MR) is 34.0 cm³/mol. The minimum Gasteiger partial charge on any atom is -0.351 e. The Labute approximate surface area is 54.8 Å². The number of nitrogens with zero attached hydrogens (tertiary/aromatic N) is 1. The largest absolute Gasteiger partial charge is 0.351 e. The fourth-order valence-corrected chi connectivity index (χ4v) is 0.441. The SMILES string of the molecule is [C]#CCN(CC)C(N)=O. The summed E-state index contributed by atoms with van der Waals surface area (Å²) in [6.45, 7) is 2.51. The van der Waals surface area contributed by atoms with E-state index in [1.54, 1.807) is 6.92 Å². The van der Waals surface area contributed by atoms with E-state index < -0.39 is 6.03 Å². The van der Waals surface area contributed by atoms with E-state index in [9.17, 15) is 4.79 Å². The molecule has 9 heavy (non-hydrogen) atoms. The van der Waals surface area contributed by atoms with Crippen LogP contribution in [0.5, 0.6) is 0 Å². The zero-order chi connectivity index (χ0) is 7.28. The maximum Gasteiger partial charge on any atom is 0.315 e. The first-order valence-electron chi connectivity index (χ1n) is 2.66. The quantitative estimate of drug-likeness (QED) is 0.518. The average Bonchev–Trinajstić information content (AvgIpc) is 1.82. The van der Waals surface area contributed by atoms with Crippen LogP contribution in [-0.4, -0.2) is 24.0 Å². The Hall–Kier alpha value is -1.17. The van der Waals surface area contributed by atoms with E-state index in [1.165, 1.54) is 4.90 Å². The van der Waals surface area contributed by atoms with Crippen LogP contribution in [0.25, 0.3) is 0 Å². The summed E-state index contributed by atoms with van der Waals surface area (Å²) in [4.78, 5) is 11.7. The third-order valence-electron chi connectivity index (χ3n) is 0.963. The summed E-state index contributed by atoms with van der Waals surface area (Å²) in [5.74, 6) is 2.08. The van der Waals surface area contributed by atoms with Crippen molar-refractivity contribution in [2.45, 2.75) is 6.92 Å². The summed E-state index contributed by atoms with van der Waals surface area (Å²) in [7, 11) is 0. The molecule has 2 N–H and O–H groups in total. The van der Waals surface area contributed by atoms with Crippen molar-refractivity contribution in [2.24, 2.45) is 5.73 Å². The first-order valence-corrected chi connectivity index (χ1v) is 2.66. The highest BCUT2D eigenvalue weighted by Gasteiger charge is 2.02. The van der Waals surface area contributed by atoms with Crippen LogP contribution in [0.2, 0.25) is 0 Å². The van der Waals surface area contributed by atoms with E-state index in [1.807, 2.05) is 0 Å². The zero-order valence-electron chi connectivity index (χ0n) is 5.35. The number of primary amides is 1. The van der Waals surface area contributed by atoms with Gasteiger partial charge in [-0.1, -0.05) is 5.92 Å². The Morgan fingerprint density at radius 1 is 1.89 bits per heavy atom. The molecule has 3 nitrogen and oxygen atoms in total. The Kier molecular flexibility index (Phi) is 3.29. The van der Waals surface area contributed by atoms with Gasteiger partial charge in [-0.15, -0.1) is 0 Å². The predicted octanol–water partition coefficient (Wildman–Crippen LogP) is -0.0232. The van der Waals surface area contributed by atoms with Crippen LogP contribution in [0.15, 0.2) is 0 Å². The highest BCUT2D eigenvalue weighted by molar-refractivity contribution is 5.72. The van der Waals surface area contributed by atoms with Gasteiger partial charge in [-0.3, -0.25) is 0 Å². The second-order valence-electron chi connectivity index (χ2n) is 1.53. The number of hydrogen-bond acceptors (Lipinski definition) is 1. The monoisotopic (exact) mass is 125 g/mol. The van der Waals surface area contributed by atoms with Gasteiger partial charge in [0.25, 0.3) is 0 Å². The number of carbonyl (C=O) groups excluding carboxylic acids is 1. The molecule has 0 aliphatic heterocycles. The van der Waals surface area contributed by atoms with Gasteiger partial charge in [-0.25, -0.2) is 4.79 Å². The Bertz CT molecular complexity index is 136. The van der Waals surface area contributed by atoms with Crippen LogP contribution in [0, 0.1) is 12.3 Å². The minimum absolute atomic E-state index is 0.186. The van der Waals surface area contributed by atoms with Gasteiger partial charge in [-0.2, -0.15) is 0 Å². The maximum absolute atomic E-state index is 10.3. The molecule has 49 valence electrons. The normalized spacial score (nSPS) is 8.00. The van der Waals surface area contributed by atoms with Gasteiger partial charge in [0, 0.05) is 6.54 Å². The van der Waals surface area contributed by atoms with Crippen molar-refractivity contribution in [3.05, 3.63) is 6.42 Å². The van der Waals surface area contributed by atoms with Crippen molar-refractivity contribution in [2.75, 3.05) is 13.1 Å². The van der Waals surface area contributed by atoms with E-state index >= 15 is 0 Å². The lowest BCUT2D eigenvalue weighted by molar-refractivity contribution is 0.216. The van der Waals surface area contributed by atoms with Crippen LogP contribution >= 0.6 is 0 Å². The maximum atomic E-state index is 10.3. The average molecular weight is 125 g/mol. The molecule has 3 heteroatoms. The van der Waals surface area contributed by atoms with Gasteiger partial charge < -0.3 is 10.6 Å². The summed E-state index contributed by atoms with van der Waals surface area (Å²) in [5.41, 5.74) is 4.90. The van der Waals surface area contributed by atoms with Gasteiger partial charge in [0.05, 0.1) is 6.54 Å². The molecular formula is C6H9N2O. The zero-order valence-corrected chi connectivity index (χ0v) is 5.35. The van der Waals surface area contributed by atoms with Crippen LogP contribution in [0.1, 0.15) is 6.92 Å². The molecule has 0 saturated heterocycles. The first-order chi connectivity index (χ1) is 4.22. The second kappa shape index (κ2) is 3.79. The molecule has 2 amide bonds. The summed E-state index contributed by atoms with van der Waals surface area (Å²) >= 11 is 0. The molecule has 0 atom stereocenters.